The normalized spacial score (nSPS) is 25.6. The third-order valence-electron chi connectivity index (χ3n) is 3.77. The Balaban J connectivity index is 2.49. The number of nitrogens with one attached hydrogen (secondary N) is 1. The fraction of sp³-hybridized carbons (Fsp3) is 0.933. The molecule has 1 rings (SSSR count). The molecule has 0 aliphatic heterocycles. The van der Waals surface area contributed by atoms with E-state index in [0.717, 1.165) is 38.6 Å². The van der Waals surface area contributed by atoms with E-state index in [4.69, 9.17) is 5.73 Å². The lowest BCUT2D eigenvalue weighted by molar-refractivity contribution is -0.127. The van der Waals surface area contributed by atoms with E-state index in [1.807, 2.05) is 0 Å². The van der Waals surface area contributed by atoms with E-state index in [0.29, 0.717) is 5.92 Å². The second-order valence-electron chi connectivity index (χ2n) is 6.72. The zero-order chi connectivity index (χ0) is 14.4. The average molecular weight is 269 g/mol. The van der Waals surface area contributed by atoms with Gasteiger partial charge < -0.3 is 16.0 Å². The summed E-state index contributed by atoms with van der Waals surface area (Å²) >= 11 is 0. The van der Waals surface area contributed by atoms with Gasteiger partial charge in [0, 0.05) is 24.5 Å². The van der Waals surface area contributed by atoms with Gasteiger partial charge in [-0.05, 0) is 45.7 Å². The molecule has 3 unspecified atom stereocenters. The summed E-state index contributed by atoms with van der Waals surface area (Å²) in [4.78, 5) is 14.5. The zero-order valence-electron chi connectivity index (χ0n) is 13.0. The second-order valence-corrected chi connectivity index (χ2v) is 6.72. The number of hydrogen-bond donors (Lipinski definition) is 2. The molecule has 3 atom stereocenters. The van der Waals surface area contributed by atoms with Crippen molar-refractivity contribution < 1.29 is 4.79 Å². The third kappa shape index (κ3) is 6.39. The largest absolute Gasteiger partial charge is 0.352 e. The highest BCUT2D eigenvalue weighted by Crippen LogP contribution is 2.23. The fourth-order valence-electron chi connectivity index (χ4n) is 2.97. The summed E-state index contributed by atoms with van der Waals surface area (Å²) in [5.74, 6) is 0.932. The summed E-state index contributed by atoms with van der Waals surface area (Å²) in [6.45, 7) is 5.30. The third-order valence-corrected chi connectivity index (χ3v) is 3.77. The summed E-state index contributed by atoms with van der Waals surface area (Å²) in [7, 11) is 4.10. The molecule has 1 amide bonds. The molecule has 19 heavy (non-hydrogen) atoms. The maximum atomic E-state index is 12.3. The Bertz CT molecular complexity index is 269. The average Bonchev–Trinajstić information content (AvgIpc) is 2.26. The Morgan fingerprint density at radius 3 is 2.58 bits per heavy atom. The molecule has 0 aromatic carbocycles. The van der Waals surface area contributed by atoms with Gasteiger partial charge in [0.15, 0.2) is 0 Å². The van der Waals surface area contributed by atoms with E-state index in [1.165, 1.54) is 0 Å². The first-order chi connectivity index (χ1) is 8.88. The summed E-state index contributed by atoms with van der Waals surface area (Å²) in [5.41, 5.74) is 5.97. The van der Waals surface area contributed by atoms with Gasteiger partial charge in [-0.2, -0.15) is 0 Å². The van der Waals surface area contributed by atoms with Crippen LogP contribution in [-0.4, -0.2) is 43.5 Å². The molecular formula is C15H31N3O. The van der Waals surface area contributed by atoms with Crippen molar-refractivity contribution in [2.24, 2.45) is 17.6 Å². The van der Waals surface area contributed by atoms with E-state index in [2.05, 4.69) is 38.2 Å². The van der Waals surface area contributed by atoms with Gasteiger partial charge in [0.1, 0.15) is 0 Å². The molecule has 0 bridgehead atoms. The molecule has 0 spiro atoms. The molecule has 0 aromatic rings. The molecule has 4 nitrogen and oxygen atoms in total. The van der Waals surface area contributed by atoms with Crippen LogP contribution in [0, 0.1) is 11.8 Å². The van der Waals surface area contributed by atoms with Gasteiger partial charge in [0.25, 0.3) is 0 Å². The minimum Gasteiger partial charge on any atom is -0.352 e. The predicted octanol–water partition coefficient (Wildman–Crippen LogP) is 1.60. The minimum absolute atomic E-state index is 0.126. The van der Waals surface area contributed by atoms with Crippen LogP contribution >= 0.6 is 0 Å². The van der Waals surface area contributed by atoms with E-state index < -0.39 is 0 Å². The topological polar surface area (TPSA) is 58.4 Å². The number of nitrogens with zero attached hydrogens (tertiary/aromatic N) is 1. The number of amides is 1. The SMILES string of the molecule is CC(C)CC(CN(C)C)NC(=O)C1CCCC(N)C1. The van der Waals surface area contributed by atoms with Crippen molar-refractivity contribution in [2.45, 2.75) is 58.0 Å². The number of rotatable bonds is 6. The fourth-order valence-corrected chi connectivity index (χ4v) is 2.97. The molecule has 0 saturated heterocycles. The zero-order valence-corrected chi connectivity index (χ0v) is 13.0. The highest BCUT2D eigenvalue weighted by molar-refractivity contribution is 5.79. The maximum absolute atomic E-state index is 12.3. The quantitative estimate of drug-likeness (QED) is 0.770. The predicted molar refractivity (Wildman–Crippen MR) is 79.9 cm³/mol. The van der Waals surface area contributed by atoms with Crippen LogP contribution in [0.2, 0.25) is 0 Å². The van der Waals surface area contributed by atoms with Crippen LogP contribution in [-0.2, 0) is 4.79 Å². The summed E-state index contributed by atoms with van der Waals surface area (Å²) in [5, 5.41) is 3.23. The summed E-state index contributed by atoms with van der Waals surface area (Å²) in [6.07, 6.45) is 5.03. The van der Waals surface area contributed by atoms with Crippen LogP contribution in [0.15, 0.2) is 0 Å². The van der Waals surface area contributed by atoms with Gasteiger partial charge in [0.2, 0.25) is 5.91 Å². The first-order valence-electron chi connectivity index (χ1n) is 7.59. The first-order valence-corrected chi connectivity index (χ1v) is 7.59. The Morgan fingerprint density at radius 2 is 2.05 bits per heavy atom. The lowest BCUT2D eigenvalue weighted by Crippen LogP contribution is -2.46. The van der Waals surface area contributed by atoms with Crippen molar-refractivity contribution in [1.82, 2.24) is 10.2 Å². The van der Waals surface area contributed by atoms with E-state index in [-0.39, 0.29) is 23.9 Å². The number of nitrogens with two attached hydrogens (primary N) is 1. The van der Waals surface area contributed by atoms with E-state index in [1.54, 1.807) is 0 Å². The number of carbonyl (C=O) groups is 1. The maximum Gasteiger partial charge on any atom is 0.223 e. The molecule has 0 radical (unpaired) electrons. The number of carbonyl (C=O) groups excluding carboxylic acids is 1. The first kappa shape index (κ1) is 16.4. The molecule has 1 saturated carbocycles. The van der Waals surface area contributed by atoms with Crippen molar-refractivity contribution >= 4 is 5.91 Å². The number of likely N-dealkylation sites (N-methyl/N-ethyl adjacent to an activating group) is 1. The van der Waals surface area contributed by atoms with Crippen LogP contribution in [0.1, 0.15) is 46.0 Å². The van der Waals surface area contributed by atoms with Crippen LogP contribution in [0.3, 0.4) is 0 Å². The summed E-state index contributed by atoms with van der Waals surface area (Å²) in [6, 6.07) is 0.461. The Hall–Kier alpha value is -0.610. The van der Waals surface area contributed by atoms with Crippen molar-refractivity contribution in [3.8, 4) is 0 Å². The van der Waals surface area contributed by atoms with Gasteiger partial charge in [0.05, 0.1) is 0 Å². The molecule has 4 heteroatoms. The van der Waals surface area contributed by atoms with E-state index in [9.17, 15) is 4.79 Å². The molecule has 1 aliphatic carbocycles. The lowest BCUT2D eigenvalue weighted by atomic mass is 9.85. The number of hydrogen-bond acceptors (Lipinski definition) is 3. The molecule has 112 valence electrons. The van der Waals surface area contributed by atoms with Gasteiger partial charge in [-0.3, -0.25) is 4.79 Å². The van der Waals surface area contributed by atoms with Gasteiger partial charge >= 0.3 is 0 Å². The molecule has 1 aliphatic rings. The summed E-state index contributed by atoms with van der Waals surface area (Å²) < 4.78 is 0. The molecule has 1 fully saturated rings. The lowest BCUT2D eigenvalue weighted by Gasteiger charge is -2.29. The molecule has 3 N–H and O–H groups in total. The van der Waals surface area contributed by atoms with Crippen LogP contribution in [0.5, 0.6) is 0 Å². The van der Waals surface area contributed by atoms with Gasteiger partial charge in [-0.1, -0.05) is 20.3 Å². The van der Waals surface area contributed by atoms with Crippen LogP contribution in [0.25, 0.3) is 0 Å². The monoisotopic (exact) mass is 269 g/mol. The van der Waals surface area contributed by atoms with Crippen molar-refractivity contribution in [3.05, 3.63) is 0 Å². The Labute approximate surface area is 118 Å². The Morgan fingerprint density at radius 1 is 1.37 bits per heavy atom. The second kappa shape index (κ2) is 7.85. The highest BCUT2D eigenvalue weighted by Gasteiger charge is 2.27. The van der Waals surface area contributed by atoms with Crippen molar-refractivity contribution in [1.29, 1.82) is 0 Å². The van der Waals surface area contributed by atoms with Gasteiger partial charge in [-0.25, -0.2) is 0 Å². The van der Waals surface area contributed by atoms with Crippen molar-refractivity contribution in [3.63, 3.8) is 0 Å². The van der Waals surface area contributed by atoms with Crippen LogP contribution in [0.4, 0.5) is 0 Å². The highest BCUT2D eigenvalue weighted by atomic mass is 16.1. The van der Waals surface area contributed by atoms with Gasteiger partial charge in [-0.15, -0.1) is 0 Å². The smallest absolute Gasteiger partial charge is 0.223 e. The van der Waals surface area contributed by atoms with Crippen LogP contribution < -0.4 is 11.1 Å². The minimum atomic E-state index is 0.126. The molecular weight excluding hydrogens is 238 g/mol. The van der Waals surface area contributed by atoms with Crippen molar-refractivity contribution in [2.75, 3.05) is 20.6 Å². The molecule has 0 heterocycles. The standard InChI is InChI=1S/C15H31N3O/c1-11(2)8-14(10-18(3)4)17-15(19)12-6-5-7-13(16)9-12/h11-14H,5-10,16H2,1-4H3,(H,17,19). The Kier molecular flexibility index (Phi) is 6.80. The van der Waals surface area contributed by atoms with E-state index >= 15 is 0 Å². The molecule has 0 aromatic heterocycles.